The highest BCUT2D eigenvalue weighted by Gasteiger charge is 2.20. The van der Waals surface area contributed by atoms with E-state index in [0.29, 0.717) is 11.4 Å². The molecule has 5 heteroatoms. The Bertz CT molecular complexity index is 551. The maximum Gasteiger partial charge on any atom is 0.242 e. The molecule has 22 heavy (non-hydrogen) atoms. The van der Waals surface area contributed by atoms with Crippen LogP contribution in [0.15, 0.2) is 29.2 Å². The number of unbranched alkanes of at least 4 members (excludes halogenated alkanes) is 2. The number of quaternary nitrogens is 1. The Morgan fingerprint density at radius 3 is 2.18 bits per heavy atom. The molecule has 0 aromatic heterocycles. The van der Waals surface area contributed by atoms with E-state index in [0.717, 1.165) is 42.4 Å². The van der Waals surface area contributed by atoms with Crippen molar-refractivity contribution in [3.05, 3.63) is 29.8 Å². The van der Waals surface area contributed by atoms with Crippen molar-refractivity contribution < 1.29 is 12.9 Å². The largest absolute Gasteiger partial charge is 0.329 e. The summed E-state index contributed by atoms with van der Waals surface area (Å²) in [5.41, 5.74) is 1.07. The van der Waals surface area contributed by atoms with Crippen molar-refractivity contribution >= 4 is 10.0 Å². The molecule has 0 heterocycles. The Morgan fingerprint density at radius 1 is 1.05 bits per heavy atom. The van der Waals surface area contributed by atoms with E-state index >= 15 is 0 Å². The summed E-state index contributed by atoms with van der Waals surface area (Å²) >= 11 is 0. The quantitative estimate of drug-likeness (QED) is 0.516. The molecular weight excluding hydrogens is 296 g/mol. The molecule has 0 bridgehead atoms. The second kappa shape index (κ2) is 8.09. The average Bonchev–Trinajstić information content (AvgIpc) is 2.47. The number of hydrogen-bond acceptors (Lipinski definition) is 2. The second-order valence-corrected chi connectivity index (χ2v) is 8.72. The first-order valence-corrected chi connectivity index (χ1v) is 9.48. The molecule has 1 rings (SSSR count). The highest BCUT2D eigenvalue weighted by molar-refractivity contribution is 7.89. The van der Waals surface area contributed by atoms with Gasteiger partial charge in [0.15, 0.2) is 0 Å². The zero-order valence-electron chi connectivity index (χ0n) is 14.7. The summed E-state index contributed by atoms with van der Waals surface area (Å²) in [6.07, 6.45) is 3.11. The van der Waals surface area contributed by atoms with Crippen LogP contribution in [-0.2, 0) is 10.0 Å². The van der Waals surface area contributed by atoms with Crippen LogP contribution in [0.4, 0.5) is 0 Å². The minimum atomic E-state index is -3.35. The molecule has 1 aromatic carbocycles. The first-order chi connectivity index (χ1) is 10.2. The number of sulfonamides is 1. The third-order valence-corrected chi connectivity index (χ3v) is 6.19. The van der Waals surface area contributed by atoms with Gasteiger partial charge in [-0.15, -0.1) is 0 Å². The Kier molecular flexibility index (Phi) is 7.03. The summed E-state index contributed by atoms with van der Waals surface area (Å²) in [6, 6.07) is 7.04. The molecule has 0 unspecified atom stereocenters. The lowest BCUT2D eigenvalue weighted by molar-refractivity contribution is -0.888. The van der Waals surface area contributed by atoms with Gasteiger partial charge in [0.2, 0.25) is 10.0 Å². The van der Waals surface area contributed by atoms with Crippen LogP contribution in [0.3, 0.4) is 0 Å². The SMILES string of the molecule is CC[N+](C)(C)CCCCCN(C)S(=O)(=O)c1ccc(C)cc1. The Morgan fingerprint density at radius 2 is 1.64 bits per heavy atom. The van der Waals surface area contributed by atoms with Crippen molar-refractivity contribution in [2.45, 2.75) is 38.0 Å². The van der Waals surface area contributed by atoms with E-state index in [1.807, 2.05) is 19.1 Å². The third kappa shape index (κ3) is 5.71. The first kappa shape index (κ1) is 19.1. The summed E-state index contributed by atoms with van der Waals surface area (Å²) in [4.78, 5) is 0.379. The summed E-state index contributed by atoms with van der Waals surface area (Å²) in [5, 5.41) is 0. The fraction of sp³-hybridized carbons (Fsp3) is 0.647. The van der Waals surface area contributed by atoms with Crippen LogP contribution in [0.5, 0.6) is 0 Å². The fourth-order valence-corrected chi connectivity index (χ4v) is 3.43. The molecule has 0 aliphatic rings. The molecule has 0 aliphatic carbocycles. The van der Waals surface area contributed by atoms with Gasteiger partial charge in [0, 0.05) is 13.6 Å². The third-order valence-electron chi connectivity index (χ3n) is 4.32. The van der Waals surface area contributed by atoms with Gasteiger partial charge in [-0.05, 0) is 45.2 Å². The van der Waals surface area contributed by atoms with Crippen LogP contribution < -0.4 is 0 Å². The van der Waals surface area contributed by atoms with Crippen LogP contribution in [0, 0.1) is 6.92 Å². The van der Waals surface area contributed by atoms with Gasteiger partial charge in [-0.25, -0.2) is 12.7 Å². The molecule has 0 aliphatic heterocycles. The lowest BCUT2D eigenvalue weighted by atomic mass is 10.2. The highest BCUT2D eigenvalue weighted by atomic mass is 32.2. The Labute approximate surface area is 136 Å². The van der Waals surface area contributed by atoms with E-state index in [2.05, 4.69) is 21.0 Å². The monoisotopic (exact) mass is 327 g/mol. The maximum absolute atomic E-state index is 12.4. The molecule has 0 saturated heterocycles. The van der Waals surface area contributed by atoms with Crippen molar-refractivity contribution in [1.82, 2.24) is 4.31 Å². The molecule has 0 amide bonds. The van der Waals surface area contributed by atoms with Crippen LogP contribution in [0.1, 0.15) is 31.7 Å². The van der Waals surface area contributed by atoms with Crippen molar-refractivity contribution in [1.29, 1.82) is 0 Å². The van der Waals surface area contributed by atoms with Gasteiger partial charge in [0.1, 0.15) is 0 Å². The molecule has 0 spiro atoms. The zero-order valence-corrected chi connectivity index (χ0v) is 15.5. The van der Waals surface area contributed by atoms with Crippen LogP contribution in [0.25, 0.3) is 0 Å². The Balaban J connectivity index is 2.44. The van der Waals surface area contributed by atoms with E-state index in [9.17, 15) is 8.42 Å². The molecule has 4 nitrogen and oxygen atoms in total. The Hall–Kier alpha value is -0.910. The molecule has 0 radical (unpaired) electrons. The fourth-order valence-electron chi connectivity index (χ4n) is 2.22. The number of hydrogen-bond donors (Lipinski definition) is 0. The standard InChI is InChI=1S/C17H31N2O2S/c1-6-19(4,5)15-9-7-8-14-18(3)22(20,21)17-12-10-16(2)11-13-17/h10-13H,6-9,14-15H2,1-5H3/q+1. The lowest BCUT2D eigenvalue weighted by Crippen LogP contribution is -2.40. The van der Waals surface area contributed by atoms with E-state index < -0.39 is 10.0 Å². The van der Waals surface area contributed by atoms with E-state index in [1.54, 1.807) is 19.2 Å². The van der Waals surface area contributed by atoms with Gasteiger partial charge >= 0.3 is 0 Å². The second-order valence-electron chi connectivity index (χ2n) is 6.68. The number of nitrogens with zero attached hydrogens (tertiary/aromatic N) is 2. The normalized spacial score (nSPS) is 12.8. The summed E-state index contributed by atoms with van der Waals surface area (Å²) in [5.74, 6) is 0. The summed E-state index contributed by atoms with van der Waals surface area (Å²) < 4.78 is 27.4. The van der Waals surface area contributed by atoms with Crippen molar-refractivity contribution in [3.63, 3.8) is 0 Å². The van der Waals surface area contributed by atoms with Crippen molar-refractivity contribution in [2.24, 2.45) is 0 Å². The van der Waals surface area contributed by atoms with E-state index in [-0.39, 0.29) is 0 Å². The van der Waals surface area contributed by atoms with Gasteiger partial charge in [-0.1, -0.05) is 17.7 Å². The average molecular weight is 328 g/mol. The van der Waals surface area contributed by atoms with Gasteiger partial charge in [-0.3, -0.25) is 0 Å². The smallest absolute Gasteiger partial charge is 0.242 e. The minimum Gasteiger partial charge on any atom is -0.329 e. The van der Waals surface area contributed by atoms with E-state index in [4.69, 9.17) is 0 Å². The summed E-state index contributed by atoms with van der Waals surface area (Å²) in [7, 11) is 2.78. The summed E-state index contributed by atoms with van der Waals surface area (Å²) in [6.45, 7) is 7.00. The number of benzene rings is 1. The molecule has 0 fully saturated rings. The molecule has 0 atom stereocenters. The molecule has 126 valence electrons. The van der Waals surface area contributed by atoms with Gasteiger partial charge in [-0.2, -0.15) is 0 Å². The van der Waals surface area contributed by atoms with Gasteiger partial charge < -0.3 is 4.48 Å². The lowest BCUT2D eigenvalue weighted by Gasteiger charge is -2.28. The number of rotatable bonds is 9. The van der Waals surface area contributed by atoms with Gasteiger partial charge in [0.05, 0.1) is 32.1 Å². The maximum atomic E-state index is 12.4. The van der Waals surface area contributed by atoms with Crippen LogP contribution >= 0.6 is 0 Å². The molecule has 0 saturated carbocycles. The predicted octanol–water partition coefficient (Wildman–Crippen LogP) is 2.88. The van der Waals surface area contributed by atoms with Crippen molar-refractivity contribution in [2.75, 3.05) is 40.8 Å². The topological polar surface area (TPSA) is 37.4 Å². The first-order valence-electron chi connectivity index (χ1n) is 8.04. The van der Waals surface area contributed by atoms with Crippen LogP contribution in [0.2, 0.25) is 0 Å². The predicted molar refractivity (Wildman–Crippen MR) is 92.4 cm³/mol. The van der Waals surface area contributed by atoms with Gasteiger partial charge in [0.25, 0.3) is 0 Å². The minimum absolute atomic E-state index is 0.379. The van der Waals surface area contributed by atoms with Crippen LogP contribution in [-0.4, -0.2) is 58.0 Å². The van der Waals surface area contributed by atoms with E-state index in [1.165, 1.54) is 4.31 Å². The molecule has 0 N–H and O–H groups in total. The zero-order chi connectivity index (χ0) is 16.8. The molecular formula is C17H31N2O2S+. The highest BCUT2D eigenvalue weighted by Crippen LogP contribution is 2.15. The molecule has 1 aromatic rings. The van der Waals surface area contributed by atoms with Crippen molar-refractivity contribution in [3.8, 4) is 0 Å². The number of aryl methyl sites for hydroxylation is 1.